The van der Waals surface area contributed by atoms with Crippen LogP contribution in [0.5, 0.6) is 11.5 Å². The van der Waals surface area contributed by atoms with Gasteiger partial charge in [0.05, 0.1) is 12.2 Å². The molecule has 156 valence electrons. The van der Waals surface area contributed by atoms with Gasteiger partial charge in [0.15, 0.2) is 5.60 Å². The molecular weight excluding hydrogens is 370 g/mol. The fourth-order valence-corrected chi connectivity index (χ4v) is 3.64. The normalized spacial score (nSPS) is 17.8. The van der Waals surface area contributed by atoms with Crippen LogP contribution in [0.25, 0.3) is 0 Å². The van der Waals surface area contributed by atoms with E-state index in [4.69, 9.17) is 14.2 Å². The Bertz CT molecular complexity index is 822. The number of fused-ring (bicyclic) bond motifs is 1. The first kappa shape index (κ1) is 21.0. The zero-order valence-electron chi connectivity index (χ0n) is 17.3. The number of hydrogen-bond donors (Lipinski definition) is 1. The maximum absolute atomic E-state index is 11.7. The number of rotatable bonds is 9. The standard InChI is InChI=1S/C23H29NO5/c1-4-23(22(25)26,28-5-2)14-17-10-12-18(13-11-17)27-16-19-15-24(3)20-8-6-7-9-21(20)29-19/h6-13,19H,4-5,14-16H2,1-3H3,(H,25,26). The van der Waals surface area contributed by atoms with E-state index in [1.165, 1.54) is 0 Å². The Morgan fingerprint density at radius 3 is 2.59 bits per heavy atom. The monoisotopic (exact) mass is 399 g/mol. The summed E-state index contributed by atoms with van der Waals surface area (Å²) in [6.07, 6.45) is 0.662. The van der Waals surface area contributed by atoms with E-state index < -0.39 is 11.6 Å². The van der Waals surface area contributed by atoms with Gasteiger partial charge in [-0.3, -0.25) is 0 Å². The zero-order chi connectivity index (χ0) is 20.9. The number of ether oxygens (including phenoxy) is 3. The van der Waals surface area contributed by atoms with E-state index in [1.54, 1.807) is 0 Å². The molecule has 6 nitrogen and oxygen atoms in total. The van der Waals surface area contributed by atoms with Crippen LogP contribution in [0.1, 0.15) is 25.8 Å². The molecule has 2 unspecified atom stereocenters. The van der Waals surface area contributed by atoms with Crippen molar-refractivity contribution in [1.29, 1.82) is 0 Å². The fraction of sp³-hybridized carbons (Fsp3) is 0.435. The second-order valence-corrected chi connectivity index (χ2v) is 7.31. The van der Waals surface area contributed by atoms with Crippen molar-refractivity contribution >= 4 is 11.7 Å². The molecule has 0 radical (unpaired) electrons. The highest BCUT2D eigenvalue weighted by Crippen LogP contribution is 2.32. The molecule has 2 aromatic carbocycles. The van der Waals surface area contributed by atoms with Gasteiger partial charge in [-0.05, 0) is 43.2 Å². The van der Waals surface area contributed by atoms with Crippen LogP contribution in [-0.2, 0) is 16.0 Å². The largest absolute Gasteiger partial charge is 0.490 e. The highest BCUT2D eigenvalue weighted by atomic mass is 16.5. The quantitative estimate of drug-likeness (QED) is 0.692. The van der Waals surface area contributed by atoms with Crippen molar-refractivity contribution in [2.45, 2.75) is 38.4 Å². The number of para-hydroxylation sites is 2. The van der Waals surface area contributed by atoms with Crippen molar-refractivity contribution in [1.82, 2.24) is 0 Å². The van der Waals surface area contributed by atoms with Gasteiger partial charge in [-0.1, -0.05) is 31.2 Å². The number of carboxylic acid groups (broad SMARTS) is 1. The summed E-state index contributed by atoms with van der Waals surface area (Å²) in [7, 11) is 2.05. The van der Waals surface area contributed by atoms with Gasteiger partial charge in [0.25, 0.3) is 0 Å². The molecule has 1 N–H and O–H groups in total. The molecule has 0 bridgehead atoms. The maximum atomic E-state index is 11.7. The Hall–Kier alpha value is -2.73. The fourth-order valence-electron chi connectivity index (χ4n) is 3.64. The SMILES string of the molecule is CCOC(CC)(Cc1ccc(OCC2CN(C)c3ccccc3O2)cc1)C(=O)O. The molecule has 0 spiro atoms. The third kappa shape index (κ3) is 4.82. The number of benzene rings is 2. The molecule has 0 fully saturated rings. The smallest absolute Gasteiger partial charge is 0.336 e. The number of carbonyl (C=O) groups is 1. The average molecular weight is 399 g/mol. The summed E-state index contributed by atoms with van der Waals surface area (Å²) in [6.45, 7) is 5.19. The molecule has 2 atom stereocenters. The van der Waals surface area contributed by atoms with Crippen LogP contribution in [0, 0.1) is 0 Å². The summed E-state index contributed by atoms with van der Waals surface area (Å²) >= 11 is 0. The van der Waals surface area contributed by atoms with Gasteiger partial charge in [0.2, 0.25) is 0 Å². The number of hydrogen-bond acceptors (Lipinski definition) is 5. The number of nitrogens with zero attached hydrogens (tertiary/aromatic N) is 1. The Morgan fingerprint density at radius 2 is 1.93 bits per heavy atom. The molecule has 6 heteroatoms. The van der Waals surface area contributed by atoms with E-state index in [9.17, 15) is 9.90 Å². The molecule has 2 aromatic rings. The van der Waals surface area contributed by atoms with E-state index >= 15 is 0 Å². The summed E-state index contributed by atoms with van der Waals surface area (Å²) in [6, 6.07) is 15.5. The number of carboxylic acids is 1. The van der Waals surface area contributed by atoms with Crippen molar-refractivity contribution in [2.75, 3.05) is 31.7 Å². The maximum Gasteiger partial charge on any atom is 0.336 e. The van der Waals surface area contributed by atoms with Gasteiger partial charge in [-0.25, -0.2) is 4.79 Å². The van der Waals surface area contributed by atoms with Gasteiger partial charge in [-0.2, -0.15) is 0 Å². The van der Waals surface area contributed by atoms with E-state index in [0.717, 1.165) is 29.3 Å². The van der Waals surface area contributed by atoms with Crippen LogP contribution >= 0.6 is 0 Å². The van der Waals surface area contributed by atoms with Gasteiger partial charge in [0, 0.05) is 20.1 Å². The predicted octanol–water partition coefficient (Wildman–Crippen LogP) is 3.78. The molecule has 0 aliphatic carbocycles. The molecule has 29 heavy (non-hydrogen) atoms. The van der Waals surface area contributed by atoms with Crippen LogP contribution in [-0.4, -0.2) is 49.6 Å². The Balaban J connectivity index is 1.59. The first-order valence-corrected chi connectivity index (χ1v) is 10.0. The first-order valence-electron chi connectivity index (χ1n) is 10.0. The van der Waals surface area contributed by atoms with Crippen molar-refractivity contribution in [3.63, 3.8) is 0 Å². The second-order valence-electron chi connectivity index (χ2n) is 7.31. The molecule has 0 amide bonds. The molecule has 0 aromatic heterocycles. The Morgan fingerprint density at radius 1 is 1.21 bits per heavy atom. The minimum absolute atomic E-state index is 0.0627. The summed E-state index contributed by atoms with van der Waals surface area (Å²) < 4.78 is 17.5. The predicted molar refractivity (Wildman–Crippen MR) is 112 cm³/mol. The number of anilines is 1. The Kier molecular flexibility index (Phi) is 6.64. The van der Waals surface area contributed by atoms with Crippen molar-refractivity contribution in [3.05, 3.63) is 54.1 Å². The topological polar surface area (TPSA) is 68.2 Å². The van der Waals surface area contributed by atoms with Crippen LogP contribution < -0.4 is 14.4 Å². The number of likely N-dealkylation sites (N-methyl/N-ethyl adjacent to an activating group) is 1. The molecule has 3 rings (SSSR count). The van der Waals surface area contributed by atoms with Crippen LogP contribution in [0.15, 0.2) is 48.5 Å². The molecule has 0 saturated carbocycles. The summed E-state index contributed by atoms with van der Waals surface area (Å²) in [4.78, 5) is 13.9. The van der Waals surface area contributed by atoms with Crippen LogP contribution in [0.4, 0.5) is 5.69 Å². The zero-order valence-corrected chi connectivity index (χ0v) is 17.3. The van der Waals surface area contributed by atoms with Gasteiger partial charge < -0.3 is 24.2 Å². The highest BCUT2D eigenvalue weighted by molar-refractivity contribution is 5.78. The molecule has 1 aliphatic rings. The lowest BCUT2D eigenvalue weighted by Crippen LogP contribution is -2.43. The van der Waals surface area contributed by atoms with E-state index in [0.29, 0.717) is 26.1 Å². The summed E-state index contributed by atoms with van der Waals surface area (Å²) in [5.74, 6) is 0.666. The molecule has 0 saturated heterocycles. The van der Waals surface area contributed by atoms with Gasteiger partial charge >= 0.3 is 5.97 Å². The summed E-state index contributed by atoms with van der Waals surface area (Å²) in [5, 5.41) is 9.62. The van der Waals surface area contributed by atoms with E-state index in [-0.39, 0.29) is 6.10 Å². The molecule has 1 aliphatic heterocycles. The Labute approximate surface area is 172 Å². The first-order chi connectivity index (χ1) is 14.0. The van der Waals surface area contributed by atoms with Crippen molar-refractivity contribution in [3.8, 4) is 11.5 Å². The summed E-state index contributed by atoms with van der Waals surface area (Å²) in [5.41, 5.74) is 0.795. The van der Waals surface area contributed by atoms with Crippen molar-refractivity contribution < 1.29 is 24.1 Å². The minimum Gasteiger partial charge on any atom is -0.490 e. The van der Waals surface area contributed by atoms with E-state index in [2.05, 4.69) is 4.90 Å². The second kappa shape index (κ2) is 9.18. The average Bonchev–Trinajstić information content (AvgIpc) is 2.72. The van der Waals surface area contributed by atoms with Crippen LogP contribution in [0.3, 0.4) is 0 Å². The van der Waals surface area contributed by atoms with Crippen molar-refractivity contribution in [2.24, 2.45) is 0 Å². The number of aliphatic carboxylic acids is 1. The lowest BCUT2D eigenvalue weighted by molar-refractivity contribution is -0.166. The molecular formula is C23H29NO5. The third-order valence-corrected chi connectivity index (χ3v) is 5.28. The third-order valence-electron chi connectivity index (χ3n) is 5.28. The van der Waals surface area contributed by atoms with E-state index in [1.807, 2.05) is 69.4 Å². The highest BCUT2D eigenvalue weighted by Gasteiger charge is 2.37. The lowest BCUT2D eigenvalue weighted by atomic mass is 9.91. The van der Waals surface area contributed by atoms with Crippen LogP contribution in [0.2, 0.25) is 0 Å². The lowest BCUT2D eigenvalue weighted by Gasteiger charge is -2.33. The van der Waals surface area contributed by atoms with Gasteiger partial charge in [-0.15, -0.1) is 0 Å². The minimum atomic E-state index is -1.19. The van der Waals surface area contributed by atoms with Gasteiger partial charge in [0.1, 0.15) is 24.2 Å². The molecule has 1 heterocycles.